The minimum absolute atomic E-state index is 0.587. The van der Waals surface area contributed by atoms with Gasteiger partial charge in [-0.05, 0) is 30.7 Å². The molecule has 16 heavy (non-hydrogen) atoms. The Bertz CT molecular complexity index is 440. The molecule has 82 valence electrons. The van der Waals surface area contributed by atoms with E-state index in [1.807, 2.05) is 31.2 Å². The van der Waals surface area contributed by atoms with Crippen molar-refractivity contribution < 1.29 is 0 Å². The third kappa shape index (κ3) is 2.44. The van der Waals surface area contributed by atoms with Crippen molar-refractivity contribution in [2.45, 2.75) is 6.92 Å². The largest absolute Gasteiger partial charge is 0.299 e. The zero-order chi connectivity index (χ0) is 11.4. The third-order valence-electron chi connectivity index (χ3n) is 2.22. The van der Waals surface area contributed by atoms with E-state index in [4.69, 9.17) is 11.6 Å². The van der Waals surface area contributed by atoms with Gasteiger partial charge in [0, 0.05) is 6.20 Å². The molecule has 0 unspecified atom stereocenters. The number of hydrazine groups is 1. The molecule has 2 aromatic rings. The number of nitrogens with zero attached hydrogens (tertiary/aromatic N) is 1. The number of hydrogen-bond acceptors (Lipinski definition) is 3. The summed E-state index contributed by atoms with van der Waals surface area (Å²) < 4.78 is 0. The maximum Gasteiger partial charge on any atom is 0.163 e. The van der Waals surface area contributed by atoms with E-state index >= 15 is 0 Å². The number of pyridine rings is 1. The Balaban J connectivity index is 2.09. The van der Waals surface area contributed by atoms with Gasteiger partial charge in [0.2, 0.25) is 0 Å². The molecule has 0 fully saturated rings. The molecule has 1 aromatic heterocycles. The highest BCUT2D eigenvalue weighted by Gasteiger charge is 2.00. The van der Waals surface area contributed by atoms with Gasteiger partial charge in [-0.25, -0.2) is 4.98 Å². The van der Waals surface area contributed by atoms with Crippen molar-refractivity contribution in [1.29, 1.82) is 0 Å². The van der Waals surface area contributed by atoms with Gasteiger partial charge in [0.15, 0.2) is 5.82 Å². The van der Waals surface area contributed by atoms with Crippen LogP contribution in [-0.2, 0) is 0 Å². The van der Waals surface area contributed by atoms with Gasteiger partial charge in [0.05, 0.1) is 10.7 Å². The van der Waals surface area contributed by atoms with Crippen LogP contribution in [0.5, 0.6) is 0 Å². The fourth-order valence-corrected chi connectivity index (χ4v) is 1.49. The molecule has 1 aromatic carbocycles. The van der Waals surface area contributed by atoms with Gasteiger partial charge in [0.1, 0.15) is 0 Å². The molecule has 4 heteroatoms. The Morgan fingerprint density at radius 2 is 1.88 bits per heavy atom. The summed E-state index contributed by atoms with van der Waals surface area (Å²) >= 11 is 5.97. The van der Waals surface area contributed by atoms with Crippen LogP contribution in [0.15, 0.2) is 42.6 Å². The molecule has 0 radical (unpaired) electrons. The van der Waals surface area contributed by atoms with E-state index in [0.717, 1.165) is 11.3 Å². The predicted molar refractivity (Wildman–Crippen MR) is 67.7 cm³/mol. The lowest BCUT2D eigenvalue weighted by Crippen LogP contribution is -2.11. The second kappa shape index (κ2) is 4.86. The van der Waals surface area contributed by atoms with Crippen LogP contribution in [0, 0.1) is 6.92 Å². The van der Waals surface area contributed by atoms with Gasteiger partial charge in [0.25, 0.3) is 0 Å². The first kappa shape index (κ1) is 10.8. The van der Waals surface area contributed by atoms with Gasteiger partial charge in [-0.15, -0.1) is 0 Å². The number of hydrogen-bond donors (Lipinski definition) is 2. The summed E-state index contributed by atoms with van der Waals surface area (Å²) in [4.78, 5) is 4.12. The topological polar surface area (TPSA) is 37.0 Å². The molecular formula is C12H12ClN3. The van der Waals surface area contributed by atoms with Gasteiger partial charge < -0.3 is 0 Å². The van der Waals surface area contributed by atoms with E-state index < -0.39 is 0 Å². The monoisotopic (exact) mass is 233 g/mol. The Morgan fingerprint density at radius 3 is 2.62 bits per heavy atom. The highest BCUT2D eigenvalue weighted by Crippen LogP contribution is 2.19. The van der Waals surface area contributed by atoms with Crippen molar-refractivity contribution in [3.05, 3.63) is 53.2 Å². The summed E-state index contributed by atoms with van der Waals surface area (Å²) in [5.41, 5.74) is 8.21. The number of benzene rings is 1. The molecule has 2 N–H and O–H groups in total. The maximum absolute atomic E-state index is 5.97. The Hall–Kier alpha value is -1.74. The zero-order valence-electron chi connectivity index (χ0n) is 8.87. The van der Waals surface area contributed by atoms with Crippen molar-refractivity contribution in [1.82, 2.24) is 4.98 Å². The van der Waals surface area contributed by atoms with E-state index in [9.17, 15) is 0 Å². The summed E-state index contributed by atoms with van der Waals surface area (Å²) in [6.07, 6.45) is 1.69. The lowest BCUT2D eigenvalue weighted by atomic mass is 10.2. The average Bonchev–Trinajstić information content (AvgIpc) is 2.30. The number of aryl methyl sites for hydroxylation is 1. The molecular weight excluding hydrogens is 222 g/mol. The van der Waals surface area contributed by atoms with Gasteiger partial charge in [-0.1, -0.05) is 29.8 Å². The molecule has 2 rings (SSSR count). The first-order valence-electron chi connectivity index (χ1n) is 4.95. The Kier molecular flexibility index (Phi) is 3.27. The SMILES string of the molecule is Cc1ccccc1NNc1ncccc1Cl. The number of nitrogens with one attached hydrogen (secondary N) is 2. The maximum atomic E-state index is 5.97. The van der Waals surface area contributed by atoms with Gasteiger partial charge in [-0.3, -0.25) is 10.9 Å². The van der Waals surface area contributed by atoms with Gasteiger partial charge in [-0.2, -0.15) is 0 Å². The number of para-hydroxylation sites is 1. The van der Waals surface area contributed by atoms with Crippen LogP contribution in [0.3, 0.4) is 0 Å². The Labute approximate surface area is 99.4 Å². The minimum atomic E-state index is 0.587. The molecule has 0 atom stereocenters. The van der Waals surface area contributed by atoms with Crippen LogP contribution in [0.1, 0.15) is 5.56 Å². The number of anilines is 2. The highest BCUT2D eigenvalue weighted by atomic mass is 35.5. The molecule has 0 bridgehead atoms. The molecule has 0 aliphatic rings. The van der Waals surface area contributed by atoms with Crippen molar-refractivity contribution in [3.63, 3.8) is 0 Å². The van der Waals surface area contributed by atoms with Crippen molar-refractivity contribution in [2.75, 3.05) is 10.9 Å². The lowest BCUT2D eigenvalue weighted by Gasteiger charge is -2.11. The number of rotatable bonds is 3. The second-order valence-corrected chi connectivity index (χ2v) is 3.81. The molecule has 0 spiro atoms. The molecule has 0 amide bonds. The first-order valence-corrected chi connectivity index (χ1v) is 5.33. The summed E-state index contributed by atoms with van der Waals surface area (Å²) in [6, 6.07) is 11.6. The molecule has 1 heterocycles. The third-order valence-corrected chi connectivity index (χ3v) is 2.52. The second-order valence-electron chi connectivity index (χ2n) is 3.40. The van der Waals surface area contributed by atoms with Crippen molar-refractivity contribution in [2.24, 2.45) is 0 Å². The normalized spacial score (nSPS) is 9.88. The molecule has 3 nitrogen and oxygen atoms in total. The summed E-state index contributed by atoms with van der Waals surface area (Å²) in [5.74, 6) is 0.618. The summed E-state index contributed by atoms with van der Waals surface area (Å²) in [7, 11) is 0. The van der Waals surface area contributed by atoms with Crippen LogP contribution >= 0.6 is 11.6 Å². The summed E-state index contributed by atoms with van der Waals surface area (Å²) in [5, 5.41) is 0.587. The fourth-order valence-electron chi connectivity index (χ4n) is 1.32. The van der Waals surface area contributed by atoms with E-state index in [1.165, 1.54) is 0 Å². The lowest BCUT2D eigenvalue weighted by molar-refractivity contribution is 1.26. The predicted octanol–water partition coefficient (Wildman–Crippen LogP) is 3.48. The van der Waals surface area contributed by atoms with E-state index in [1.54, 1.807) is 18.3 Å². The van der Waals surface area contributed by atoms with E-state index in [2.05, 4.69) is 15.8 Å². The molecule has 0 saturated carbocycles. The molecule has 0 aliphatic carbocycles. The van der Waals surface area contributed by atoms with Gasteiger partial charge >= 0.3 is 0 Å². The zero-order valence-corrected chi connectivity index (χ0v) is 9.62. The van der Waals surface area contributed by atoms with Crippen LogP contribution in [0.2, 0.25) is 5.02 Å². The van der Waals surface area contributed by atoms with Crippen LogP contribution in [0.4, 0.5) is 11.5 Å². The summed E-state index contributed by atoms with van der Waals surface area (Å²) in [6.45, 7) is 2.03. The fraction of sp³-hybridized carbons (Fsp3) is 0.0833. The van der Waals surface area contributed by atoms with E-state index in [0.29, 0.717) is 10.8 Å². The standard InChI is InChI=1S/C12H12ClN3/c1-9-5-2-3-7-11(9)15-16-12-10(13)6-4-8-14-12/h2-8,15H,1H3,(H,14,16). The smallest absolute Gasteiger partial charge is 0.163 e. The van der Waals surface area contributed by atoms with Crippen LogP contribution in [0.25, 0.3) is 0 Å². The highest BCUT2D eigenvalue weighted by molar-refractivity contribution is 6.32. The van der Waals surface area contributed by atoms with Crippen LogP contribution < -0.4 is 10.9 Å². The van der Waals surface area contributed by atoms with Crippen LogP contribution in [-0.4, -0.2) is 4.98 Å². The number of halogens is 1. The first-order chi connectivity index (χ1) is 7.77. The molecule has 0 saturated heterocycles. The minimum Gasteiger partial charge on any atom is -0.299 e. The van der Waals surface area contributed by atoms with Crippen molar-refractivity contribution >= 4 is 23.1 Å². The average molecular weight is 234 g/mol. The number of aromatic nitrogens is 1. The quantitative estimate of drug-likeness (QED) is 0.797. The Morgan fingerprint density at radius 1 is 1.06 bits per heavy atom. The molecule has 0 aliphatic heterocycles. The van der Waals surface area contributed by atoms with Crippen molar-refractivity contribution in [3.8, 4) is 0 Å². The van der Waals surface area contributed by atoms with E-state index in [-0.39, 0.29) is 0 Å².